The molecule has 0 aliphatic heterocycles. The van der Waals surface area contributed by atoms with Gasteiger partial charge in [0.15, 0.2) is 0 Å². The normalized spacial score (nSPS) is 14.5. The summed E-state index contributed by atoms with van der Waals surface area (Å²) < 4.78 is 0. The van der Waals surface area contributed by atoms with Crippen LogP contribution in [0, 0.1) is 5.41 Å². The topological polar surface area (TPSA) is 98.7 Å². The Labute approximate surface area is 185 Å². The fourth-order valence-electron chi connectivity index (χ4n) is 3.40. The molecule has 1 aromatic rings. The first-order chi connectivity index (χ1) is 14.2. The molecule has 0 heterocycles. The van der Waals surface area contributed by atoms with Crippen molar-refractivity contribution in [3.63, 3.8) is 0 Å². The number of hydrogen-bond acceptors (Lipinski definition) is 4. The number of carboxylic acid groups (broad SMARTS) is 1. The van der Waals surface area contributed by atoms with Crippen LogP contribution in [-0.4, -0.2) is 60.5 Å². The predicted octanol–water partition coefficient (Wildman–Crippen LogP) is 2.57. The zero-order valence-corrected chi connectivity index (χ0v) is 19.9. The van der Waals surface area contributed by atoms with Gasteiger partial charge in [-0.15, -0.1) is 0 Å². The van der Waals surface area contributed by atoms with E-state index in [4.69, 9.17) is 5.11 Å². The maximum absolute atomic E-state index is 13.3. The first kappa shape index (κ1) is 26.4. The van der Waals surface area contributed by atoms with Crippen LogP contribution in [0.5, 0.6) is 0 Å². The number of benzene rings is 1. The molecule has 2 atom stereocenters. The number of rotatable bonds is 9. The molecule has 1 aromatic carbocycles. The summed E-state index contributed by atoms with van der Waals surface area (Å²) in [5.74, 6) is -1.57. The predicted molar refractivity (Wildman–Crippen MR) is 123 cm³/mol. The van der Waals surface area contributed by atoms with Gasteiger partial charge in [-0.3, -0.25) is 9.59 Å². The highest BCUT2D eigenvalue weighted by atomic mass is 16.4. The van der Waals surface area contributed by atoms with Crippen molar-refractivity contribution >= 4 is 17.8 Å². The van der Waals surface area contributed by atoms with Crippen molar-refractivity contribution in [3.05, 3.63) is 47.5 Å². The molecule has 0 aliphatic rings. The summed E-state index contributed by atoms with van der Waals surface area (Å²) in [7, 11) is 3.33. The van der Waals surface area contributed by atoms with Crippen molar-refractivity contribution in [2.75, 3.05) is 20.6 Å². The van der Waals surface area contributed by atoms with Crippen molar-refractivity contribution in [2.45, 2.75) is 59.0 Å². The van der Waals surface area contributed by atoms with Gasteiger partial charge >= 0.3 is 5.97 Å². The molecule has 3 N–H and O–H groups in total. The minimum atomic E-state index is -1.03. The lowest BCUT2D eigenvalue weighted by molar-refractivity contribution is -0.139. The molecule has 0 bridgehead atoms. The Morgan fingerprint density at radius 3 is 2.06 bits per heavy atom. The summed E-state index contributed by atoms with van der Waals surface area (Å²) in [6.45, 7) is 11.3. The minimum absolute atomic E-state index is 0.143. The summed E-state index contributed by atoms with van der Waals surface area (Å²) >= 11 is 0. The van der Waals surface area contributed by atoms with E-state index >= 15 is 0 Å². The van der Waals surface area contributed by atoms with E-state index < -0.39 is 28.9 Å². The fraction of sp³-hybridized carbons (Fsp3) is 0.542. The summed E-state index contributed by atoms with van der Waals surface area (Å²) in [6.07, 6.45) is 1.48. The van der Waals surface area contributed by atoms with Crippen molar-refractivity contribution in [3.8, 4) is 0 Å². The molecule has 31 heavy (non-hydrogen) atoms. The average molecular weight is 432 g/mol. The maximum Gasteiger partial charge on any atom is 0.331 e. The van der Waals surface area contributed by atoms with Gasteiger partial charge in [0.1, 0.15) is 6.04 Å². The van der Waals surface area contributed by atoms with Crippen LogP contribution >= 0.6 is 0 Å². The Bertz CT molecular complexity index is 810. The van der Waals surface area contributed by atoms with Crippen LogP contribution in [0.3, 0.4) is 0 Å². The number of nitrogens with zero attached hydrogens (tertiary/aromatic N) is 1. The third kappa shape index (κ3) is 6.92. The third-order valence-electron chi connectivity index (χ3n) is 5.57. The average Bonchev–Trinajstić information content (AvgIpc) is 2.69. The van der Waals surface area contributed by atoms with Crippen LogP contribution < -0.4 is 10.6 Å². The zero-order valence-electron chi connectivity index (χ0n) is 19.9. The van der Waals surface area contributed by atoms with Crippen LogP contribution in [0.2, 0.25) is 0 Å². The number of likely N-dealkylation sites (N-methyl/N-ethyl adjacent to an activating group) is 2. The largest absolute Gasteiger partial charge is 0.478 e. The first-order valence-corrected chi connectivity index (χ1v) is 10.4. The van der Waals surface area contributed by atoms with Gasteiger partial charge < -0.3 is 20.6 Å². The Balaban J connectivity index is 3.10. The standard InChI is InChI=1S/C24H37N3O4/c1-16(22(30)31)14-15-27(8)21(29)19(23(2,3)4)26-20(28)18(25-7)24(5,6)17-12-10-9-11-13-17/h9-14,18-19,25H,15H2,1-8H3,(H,26,28)(H,30,31)/b16-14+/t18-,19?/m1/s1. The summed E-state index contributed by atoms with van der Waals surface area (Å²) in [5.41, 5.74) is 0.117. The number of nitrogens with one attached hydrogen (secondary N) is 2. The molecular weight excluding hydrogens is 394 g/mol. The first-order valence-electron chi connectivity index (χ1n) is 10.4. The molecule has 0 aromatic heterocycles. The van der Waals surface area contributed by atoms with E-state index in [0.29, 0.717) is 0 Å². The molecule has 2 amide bonds. The van der Waals surface area contributed by atoms with Crippen molar-refractivity contribution in [1.29, 1.82) is 0 Å². The van der Waals surface area contributed by atoms with E-state index in [0.717, 1.165) is 5.56 Å². The van der Waals surface area contributed by atoms with Gasteiger partial charge in [0.2, 0.25) is 11.8 Å². The molecule has 0 radical (unpaired) electrons. The van der Waals surface area contributed by atoms with E-state index in [1.165, 1.54) is 17.9 Å². The van der Waals surface area contributed by atoms with E-state index in [-0.39, 0.29) is 23.9 Å². The summed E-state index contributed by atoms with van der Waals surface area (Å²) in [6, 6.07) is 8.43. The lowest BCUT2D eigenvalue weighted by atomic mass is 9.76. The van der Waals surface area contributed by atoms with Crippen LogP contribution in [0.25, 0.3) is 0 Å². The second kappa shape index (κ2) is 10.6. The van der Waals surface area contributed by atoms with E-state index in [1.807, 2.05) is 65.0 Å². The van der Waals surface area contributed by atoms with Gasteiger partial charge in [-0.25, -0.2) is 4.79 Å². The number of carbonyl (C=O) groups excluding carboxylic acids is 2. The molecule has 0 saturated heterocycles. The lowest BCUT2D eigenvalue weighted by Crippen LogP contribution is -2.60. The monoisotopic (exact) mass is 431 g/mol. The van der Waals surface area contributed by atoms with Crippen LogP contribution in [-0.2, 0) is 19.8 Å². The van der Waals surface area contributed by atoms with E-state index in [1.54, 1.807) is 14.1 Å². The van der Waals surface area contributed by atoms with E-state index in [9.17, 15) is 14.4 Å². The number of carbonyl (C=O) groups is 3. The van der Waals surface area contributed by atoms with Gasteiger partial charge in [-0.2, -0.15) is 0 Å². The van der Waals surface area contributed by atoms with Crippen molar-refractivity contribution < 1.29 is 19.5 Å². The number of carboxylic acids is 1. The van der Waals surface area contributed by atoms with Gasteiger partial charge in [-0.05, 0) is 24.9 Å². The lowest BCUT2D eigenvalue weighted by Gasteiger charge is -2.38. The molecule has 0 spiro atoms. The molecule has 0 fully saturated rings. The molecule has 7 nitrogen and oxygen atoms in total. The fourth-order valence-corrected chi connectivity index (χ4v) is 3.40. The van der Waals surface area contributed by atoms with Crippen LogP contribution in [0.4, 0.5) is 0 Å². The van der Waals surface area contributed by atoms with Crippen molar-refractivity contribution in [2.24, 2.45) is 5.41 Å². The van der Waals surface area contributed by atoms with Gasteiger partial charge in [0.05, 0.1) is 6.04 Å². The molecule has 7 heteroatoms. The highest BCUT2D eigenvalue weighted by molar-refractivity contribution is 5.91. The number of hydrogen-bond donors (Lipinski definition) is 3. The second-order valence-electron chi connectivity index (χ2n) is 9.53. The summed E-state index contributed by atoms with van der Waals surface area (Å²) in [4.78, 5) is 38.9. The quantitative estimate of drug-likeness (QED) is 0.522. The molecule has 1 rings (SSSR count). The molecule has 1 unspecified atom stereocenters. The molecule has 0 aliphatic carbocycles. The van der Waals surface area contributed by atoms with Gasteiger partial charge in [0.25, 0.3) is 0 Å². The molecular formula is C24H37N3O4. The number of aliphatic carboxylic acids is 1. The minimum Gasteiger partial charge on any atom is -0.478 e. The van der Waals surface area contributed by atoms with Crippen LogP contribution in [0.1, 0.15) is 47.1 Å². The van der Waals surface area contributed by atoms with Gasteiger partial charge in [-0.1, -0.05) is 71.0 Å². The Morgan fingerprint density at radius 1 is 1.06 bits per heavy atom. The third-order valence-corrected chi connectivity index (χ3v) is 5.57. The Morgan fingerprint density at radius 2 is 1.61 bits per heavy atom. The Hall–Kier alpha value is -2.67. The Kier molecular flexibility index (Phi) is 8.99. The van der Waals surface area contributed by atoms with Gasteiger partial charge in [0, 0.05) is 24.6 Å². The van der Waals surface area contributed by atoms with E-state index in [2.05, 4.69) is 10.6 Å². The highest BCUT2D eigenvalue weighted by Crippen LogP contribution is 2.28. The van der Waals surface area contributed by atoms with Crippen LogP contribution in [0.15, 0.2) is 42.0 Å². The summed E-state index contributed by atoms with van der Waals surface area (Å²) in [5, 5.41) is 15.1. The van der Waals surface area contributed by atoms with Crippen molar-refractivity contribution in [1.82, 2.24) is 15.5 Å². The maximum atomic E-state index is 13.3. The zero-order chi connectivity index (χ0) is 24.0. The second-order valence-corrected chi connectivity index (χ2v) is 9.53. The smallest absolute Gasteiger partial charge is 0.331 e. The molecule has 0 saturated carbocycles. The number of amides is 2. The SMILES string of the molecule is CN[C@H](C(=O)NC(C(=O)N(C)C/C=C(\C)C(=O)O)C(C)(C)C)C(C)(C)c1ccccc1. The highest BCUT2D eigenvalue weighted by Gasteiger charge is 2.40. The molecule has 172 valence electrons.